The SMILES string of the molecule is Cc1c(Cl)cccc1N1C(=O)NC(=O)/C(=C\c2cn(Cc3ccc(F)cc3)c3ccccc23)C1=O. The number of para-hydroxylation sites is 1. The first-order valence-electron chi connectivity index (χ1n) is 10.8. The standard InChI is InChI=1S/C27H19ClFN3O3/c1-16-22(28)6-4-8-23(16)32-26(34)21(25(33)30-27(32)35)13-18-15-31(24-7-3-2-5-20(18)24)14-17-9-11-19(29)12-10-17/h2-13,15H,14H2,1H3,(H,30,33,35)/b21-13+. The minimum atomic E-state index is -0.832. The van der Waals surface area contributed by atoms with Gasteiger partial charge >= 0.3 is 6.03 Å². The maximum Gasteiger partial charge on any atom is 0.335 e. The predicted octanol–water partition coefficient (Wildman–Crippen LogP) is 5.46. The molecule has 1 aromatic heterocycles. The van der Waals surface area contributed by atoms with E-state index in [1.54, 1.807) is 37.3 Å². The van der Waals surface area contributed by atoms with Crippen molar-refractivity contribution in [2.75, 3.05) is 4.90 Å². The summed E-state index contributed by atoms with van der Waals surface area (Å²) in [5.74, 6) is -1.82. The summed E-state index contributed by atoms with van der Waals surface area (Å²) in [5.41, 5.74) is 3.09. The molecule has 0 unspecified atom stereocenters. The summed E-state index contributed by atoms with van der Waals surface area (Å²) in [4.78, 5) is 39.6. The highest BCUT2D eigenvalue weighted by molar-refractivity contribution is 6.40. The van der Waals surface area contributed by atoms with Crippen LogP contribution in [0, 0.1) is 12.7 Å². The fraction of sp³-hybridized carbons (Fsp3) is 0.0741. The fourth-order valence-corrected chi connectivity index (χ4v) is 4.35. The number of nitrogens with zero attached hydrogens (tertiary/aromatic N) is 2. The largest absolute Gasteiger partial charge is 0.342 e. The van der Waals surface area contributed by atoms with E-state index in [-0.39, 0.29) is 11.4 Å². The molecule has 0 radical (unpaired) electrons. The minimum absolute atomic E-state index is 0.173. The first kappa shape index (κ1) is 22.6. The van der Waals surface area contributed by atoms with E-state index in [0.29, 0.717) is 28.4 Å². The zero-order valence-electron chi connectivity index (χ0n) is 18.6. The van der Waals surface area contributed by atoms with Gasteiger partial charge in [0, 0.05) is 34.2 Å². The average molecular weight is 488 g/mol. The second-order valence-electron chi connectivity index (χ2n) is 8.20. The molecule has 0 atom stereocenters. The number of carbonyl (C=O) groups excluding carboxylic acids is 3. The molecular weight excluding hydrogens is 469 g/mol. The van der Waals surface area contributed by atoms with Crippen molar-refractivity contribution in [2.24, 2.45) is 0 Å². The lowest BCUT2D eigenvalue weighted by Crippen LogP contribution is -2.54. The second-order valence-corrected chi connectivity index (χ2v) is 8.60. The quantitative estimate of drug-likeness (QED) is 0.307. The van der Waals surface area contributed by atoms with Crippen molar-refractivity contribution in [2.45, 2.75) is 13.5 Å². The first-order chi connectivity index (χ1) is 16.8. The lowest BCUT2D eigenvalue weighted by Gasteiger charge is -2.27. The third-order valence-electron chi connectivity index (χ3n) is 5.97. The highest BCUT2D eigenvalue weighted by Gasteiger charge is 2.37. The van der Waals surface area contributed by atoms with Gasteiger partial charge in [0.2, 0.25) is 0 Å². The maximum atomic E-state index is 13.4. The zero-order valence-corrected chi connectivity index (χ0v) is 19.3. The summed E-state index contributed by atoms with van der Waals surface area (Å²) >= 11 is 6.19. The zero-order chi connectivity index (χ0) is 24.7. The number of hydrogen-bond donors (Lipinski definition) is 1. The van der Waals surface area contributed by atoms with Crippen LogP contribution in [0.4, 0.5) is 14.9 Å². The van der Waals surface area contributed by atoms with Crippen LogP contribution < -0.4 is 10.2 Å². The van der Waals surface area contributed by atoms with Gasteiger partial charge in [-0.2, -0.15) is 0 Å². The van der Waals surface area contributed by atoms with Crippen molar-refractivity contribution >= 4 is 52.1 Å². The van der Waals surface area contributed by atoms with Crippen molar-refractivity contribution < 1.29 is 18.8 Å². The van der Waals surface area contributed by atoms with E-state index in [4.69, 9.17) is 11.6 Å². The number of barbiturate groups is 1. The molecule has 6 nitrogen and oxygen atoms in total. The molecular formula is C27H19ClFN3O3. The van der Waals surface area contributed by atoms with Crippen LogP contribution in [0.2, 0.25) is 5.02 Å². The normalized spacial score (nSPS) is 15.2. The molecule has 1 N–H and O–H groups in total. The monoisotopic (exact) mass is 487 g/mol. The van der Waals surface area contributed by atoms with Gasteiger partial charge in [-0.1, -0.05) is 48.0 Å². The molecule has 0 saturated carbocycles. The Morgan fingerprint density at radius 1 is 0.971 bits per heavy atom. The van der Waals surface area contributed by atoms with Gasteiger partial charge in [0.1, 0.15) is 11.4 Å². The van der Waals surface area contributed by atoms with Crippen LogP contribution in [-0.2, 0) is 16.1 Å². The number of rotatable bonds is 4. The first-order valence-corrected chi connectivity index (χ1v) is 11.2. The molecule has 35 heavy (non-hydrogen) atoms. The second kappa shape index (κ2) is 8.85. The number of urea groups is 1. The number of hydrogen-bond acceptors (Lipinski definition) is 3. The third kappa shape index (κ3) is 4.11. The van der Waals surface area contributed by atoms with Crippen LogP contribution in [0.1, 0.15) is 16.7 Å². The summed E-state index contributed by atoms with van der Waals surface area (Å²) in [5, 5.41) is 3.47. The van der Waals surface area contributed by atoms with Crippen molar-refractivity contribution in [3.05, 3.63) is 106 Å². The molecule has 2 heterocycles. The van der Waals surface area contributed by atoms with E-state index in [1.165, 1.54) is 18.2 Å². The van der Waals surface area contributed by atoms with Crippen LogP contribution in [0.25, 0.3) is 17.0 Å². The van der Waals surface area contributed by atoms with E-state index in [0.717, 1.165) is 21.4 Å². The molecule has 3 aromatic carbocycles. The molecule has 4 aromatic rings. The van der Waals surface area contributed by atoms with Crippen molar-refractivity contribution in [1.29, 1.82) is 0 Å². The Balaban J connectivity index is 1.58. The molecule has 8 heteroatoms. The summed E-state index contributed by atoms with van der Waals surface area (Å²) in [6.45, 7) is 2.16. The predicted molar refractivity (Wildman–Crippen MR) is 133 cm³/mol. The Labute approximate surface area is 205 Å². The van der Waals surface area contributed by atoms with E-state index in [2.05, 4.69) is 5.32 Å². The smallest absolute Gasteiger partial charge is 0.335 e. The fourth-order valence-electron chi connectivity index (χ4n) is 4.18. The third-order valence-corrected chi connectivity index (χ3v) is 6.38. The van der Waals surface area contributed by atoms with Gasteiger partial charge in [0.15, 0.2) is 0 Å². The van der Waals surface area contributed by atoms with Gasteiger partial charge in [-0.25, -0.2) is 14.1 Å². The molecule has 1 aliphatic heterocycles. The molecule has 1 fully saturated rings. The number of amides is 4. The summed E-state index contributed by atoms with van der Waals surface area (Å²) < 4.78 is 15.3. The Morgan fingerprint density at radius 3 is 2.49 bits per heavy atom. The lowest BCUT2D eigenvalue weighted by molar-refractivity contribution is -0.122. The highest BCUT2D eigenvalue weighted by atomic mass is 35.5. The Bertz CT molecular complexity index is 1540. The van der Waals surface area contributed by atoms with E-state index < -0.39 is 17.8 Å². The van der Waals surface area contributed by atoms with Crippen molar-refractivity contribution in [3.8, 4) is 0 Å². The van der Waals surface area contributed by atoms with E-state index in [1.807, 2.05) is 35.0 Å². The molecule has 4 amide bonds. The number of carbonyl (C=O) groups is 3. The number of imide groups is 2. The van der Waals surface area contributed by atoms with Gasteiger partial charge in [-0.3, -0.25) is 14.9 Å². The molecule has 0 bridgehead atoms. The Morgan fingerprint density at radius 2 is 1.71 bits per heavy atom. The average Bonchev–Trinajstić information content (AvgIpc) is 3.18. The molecule has 1 saturated heterocycles. The van der Waals surface area contributed by atoms with Crippen LogP contribution in [0.15, 0.2) is 78.5 Å². The van der Waals surface area contributed by atoms with E-state index in [9.17, 15) is 18.8 Å². The highest BCUT2D eigenvalue weighted by Crippen LogP contribution is 2.31. The minimum Gasteiger partial charge on any atom is -0.342 e. The van der Waals surface area contributed by atoms with Gasteiger partial charge in [-0.05, 0) is 54.5 Å². The number of aromatic nitrogens is 1. The summed E-state index contributed by atoms with van der Waals surface area (Å²) in [6, 6.07) is 17.8. The Hall–Kier alpha value is -4.23. The van der Waals surface area contributed by atoms with Crippen LogP contribution in [0.5, 0.6) is 0 Å². The van der Waals surface area contributed by atoms with Gasteiger partial charge in [0.05, 0.1) is 5.69 Å². The molecule has 0 aliphatic carbocycles. The topological polar surface area (TPSA) is 71.4 Å². The molecule has 174 valence electrons. The van der Waals surface area contributed by atoms with Crippen molar-refractivity contribution in [1.82, 2.24) is 9.88 Å². The summed E-state index contributed by atoms with van der Waals surface area (Å²) in [6.07, 6.45) is 3.31. The number of anilines is 1. The van der Waals surface area contributed by atoms with Gasteiger partial charge in [-0.15, -0.1) is 0 Å². The van der Waals surface area contributed by atoms with Crippen LogP contribution in [-0.4, -0.2) is 22.4 Å². The van der Waals surface area contributed by atoms with E-state index >= 15 is 0 Å². The maximum absolute atomic E-state index is 13.4. The lowest BCUT2D eigenvalue weighted by atomic mass is 10.1. The number of nitrogens with one attached hydrogen (secondary N) is 1. The molecule has 5 rings (SSSR count). The van der Waals surface area contributed by atoms with Crippen LogP contribution >= 0.6 is 11.6 Å². The number of halogens is 2. The Kier molecular flexibility index (Phi) is 5.70. The van der Waals surface area contributed by atoms with Gasteiger partial charge < -0.3 is 4.57 Å². The molecule has 1 aliphatic rings. The number of benzene rings is 3. The summed E-state index contributed by atoms with van der Waals surface area (Å²) in [7, 11) is 0. The van der Waals surface area contributed by atoms with Crippen LogP contribution in [0.3, 0.4) is 0 Å². The van der Waals surface area contributed by atoms with Gasteiger partial charge in [0.25, 0.3) is 11.8 Å². The van der Waals surface area contributed by atoms with Crippen molar-refractivity contribution in [3.63, 3.8) is 0 Å². The molecule has 0 spiro atoms. The number of fused-ring (bicyclic) bond motifs is 1.